The third kappa shape index (κ3) is 3.51. The number of rotatable bonds is 3. The monoisotopic (exact) mass is 305 g/mol. The molecule has 0 saturated carbocycles. The molecular formula is C15H19N3O2S. The Morgan fingerprint density at radius 3 is 3.05 bits per heavy atom. The minimum atomic E-state index is 0.165. The van der Waals surface area contributed by atoms with Crippen molar-refractivity contribution in [2.24, 2.45) is 0 Å². The van der Waals surface area contributed by atoms with Crippen LogP contribution in [0.15, 0.2) is 28.2 Å². The number of oxazole rings is 1. The largest absolute Gasteiger partial charge is 0.444 e. The molecule has 3 rings (SSSR count). The maximum absolute atomic E-state index is 11.4. The fourth-order valence-corrected chi connectivity index (χ4v) is 3.22. The van der Waals surface area contributed by atoms with Crippen LogP contribution in [0.5, 0.6) is 0 Å². The Morgan fingerprint density at radius 2 is 2.29 bits per heavy atom. The lowest BCUT2D eigenvalue weighted by Crippen LogP contribution is -2.33. The molecule has 0 radical (unpaired) electrons. The molecule has 1 saturated heterocycles. The smallest absolute Gasteiger partial charge is 0.236 e. The van der Waals surface area contributed by atoms with Crippen molar-refractivity contribution in [1.29, 1.82) is 0 Å². The zero-order valence-electron chi connectivity index (χ0n) is 12.1. The van der Waals surface area contributed by atoms with Gasteiger partial charge in [-0.15, -0.1) is 11.3 Å². The van der Waals surface area contributed by atoms with Gasteiger partial charge in [0.15, 0.2) is 0 Å². The lowest BCUT2D eigenvalue weighted by molar-refractivity contribution is -0.128. The average molecular weight is 305 g/mol. The van der Waals surface area contributed by atoms with Gasteiger partial charge in [-0.05, 0) is 17.9 Å². The molecule has 2 aromatic rings. The summed E-state index contributed by atoms with van der Waals surface area (Å²) in [4.78, 5) is 21.3. The van der Waals surface area contributed by atoms with Gasteiger partial charge in [0.1, 0.15) is 6.26 Å². The SMILES string of the molecule is CC(=O)N1CCCN(Cc2coc(-c3cccs3)n2)CC1. The third-order valence-electron chi connectivity index (χ3n) is 3.70. The predicted molar refractivity (Wildman–Crippen MR) is 82.0 cm³/mol. The second-order valence-electron chi connectivity index (χ2n) is 5.26. The quantitative estimate of drug-likeness (QED) is 0.874. The van der Waals surface area contributed by atoms with E-state index >= 15 is 0 Å². The van der Waals surface area contributed by atoms with Crippen LogP contribution >= 0.6 is 11.3 Å². The molecule has 0 N–H and O–H groups in total. The van der Waals surface area contributed by atoms with Crippen LogP contribution in [0, 0.1) is 0 Å². The van der Waals surface area contributed by atoms with E-state index in [9.17, 15) is 4.79 Å². The van der Waals surface area contributed by atoms with Crippen molar-refractivity contribution < 1.29 is 9.21 Å². The van der Waals surface area contributed by atoms with Crippen molar-refractivity contribution in [2.45, 2.75) is 19.9 Å². The highest BCUT2D eigenvalue weighted by Crippen LogP contribution is 2.24. The maximum atomic E-state index is 11.4. The van der Waals surface area contributed by atoms with Gasteiger partial charge in [0.25, 0.3) is 0 Å². The fourth-order valence-electron chi connectivity index (χ4n) is 2.57. The molecule has 1 amide bonds. The second-order valence-corrected chi connectivity index (χ2v) is 6.20. The summed E-state index contributed by atoms with van der Waals surface area (Å²) in [7, 11) is 0. The zero-order chi connectivity index (χ0) is 14.7. The van der Waals surface area contributed by atoms with Crippen molar-refractivity contribution in [3.8, 4) is 10.8 Å². The Kier molecular flexibility index (Phi) is 4.36. The van der Waals surface area contributed by atoms with Crippen LogP contribution in [0.2, 0.25) is 0 Å². The van der Waals surface area contributed by atoms with Crippen LogP contribution in [0.25, 0.3) is 10.8 Å². The molecule has 0 aromatic carbocycles. The van der Waals surface area contributed by atoms with Gasteiger partial charge < -0.3 is 9.32 Å². The summed E-state index contributed by atoms with van der Waals surface area (Å²) in [5, 5.41) is 2.02. The van der Waals surface area contributed by atoms with Crippen molar-refractivity contribution in [1.82, 2.24) is 14.8 Å². The van der Waals surface area contributed by atoms with Crippen molar-refractivity contribution >= 4 is 17.2 Å². The topological polar surface area (TPSA) is 49.6 Å². The van der Waals surface area contributed by atoms with E-state index in [0.29, 0.717) is 5.89 Å². The summed E-state index contributed by atoms with van der Waals surface area (Å²) >= 11 is 1.63. The summed E-state index contributed by atoms with van der Waals surface area (Å²) in [6.07, 6.45) is 2.75. The van der Waals surface area contributed by atoms with Crippen LogP contribution in [-0.4, -0.2) is 46.9 Å². The summed E-state index contributed by atoms with van der Waals surface area (Å²) in [6, 6.07) is 4.01. The number of carbonyl (C=O) groups excluding carboxylic acids is 1. The summed E-state index contributed by atoms with van der Waals surface area (Å²) in [5.41, 5.74) is 0.953. The Labute approximate surface area is 128 Å². The van der Waals surface area contributed by atoms with Gasteiger partial charge >= 0.3 is 0 Å². The van der Waals surface area contributed by atoms with Crippen LogP contribution in [-0.2, 0) is 11.3 Å². The molecule has 1 fully saturated rings. The van der Waals surface area contributed by atoms with Gasteiger partial charge in [0, 0.05) is 39.6 Å². The minimum absolute atomic E-state index is 0.165. The fraction of sp³-hybridized carbons (Fsp3) is 0.467. The van der Waals surface area contributed by atoms with E-state index < -0.39 is 0 Å². The van der Waals surface area contributed by atoms with Crippen LogP contribution in [0.1, 0.15) is 19.0 Å². The molecule has 0 aliphatic carbocycles. The molecule has 2 aromatic heterocycles. The Bertz CT molecular complexity index is 594. The number of amides is 1. The van der Waals surface area contributed by atoms with Gasteiger partial charge in [-0.25, -0.2) is 4.98 Å². The molecular weight excluding hydrogens is 286 g/mol. The molecule has 21 heavy (non-hydrogen) atoms. The molecule has 6 heteroatoms. The van der Waals surface area contributed by atoms with Crippen molar-refractivity contribution in [3.05, 3.63) is 29.5 Å². The number of aromatic nitrogens is 1. The lowest BCUT2D eigenvalue weighted by Gasteiger charge is -2.19. The van der Waals surface area contributed by atoms with E-state index in [2.05, 4.69) is 9.88 Å². The molecule has 5 nitrogen and oxygen atoms in total. The Hall–Kier alpha value is -1.66. The standard InChI is InChI=1S/C15H19N3O2S/c1-12(19)18-6-3-5-17(7-8-18)10-13-11-20-15(16-13)14-4-2-9-21-14/h2,4,9,11H,3,5-8,10H2,1H3. The Morgan fingerprint density at radius 1 is 1.38 bits per heavy atom. The summed E-state index contributed by atoms with van der Waals surface area (Å²) < 4.78 is 5.55. The molecule has 0 bridgehead atoms. The first-order valence-corrected chi connectivity index (χ1v) is 8.06. The normalized spacial score (nSPS) is 16.9. The van der Waals surface area contributed by atoms with E-state index in [0.717, 1.165) is 49.7 Å². The third-order valence-corrected chi connectivity index (χ3v) is 4.56. The first-order valence-electron chi connectivity index (χ1n) is 7.18. The Balaban J connectivity index is 1.60. The number of carbonyl (C=O) groups is 1. The van der Waals surface area contributed by atoms with E-state index in [1.54, 1.807) is 24.5 Å². The molecule has 112 valence electrons. The summed E-state index contributed by atoms with van der Waals surface area (Å²) in [6.45, 7) is 5.95. The lowest BCUT2D eigenvalue weighted by atomic mass is 10.3. The maximum Gasteiger partial charge on any atom is 0.236 e. The molecule has 0 unspecified atom stereocenters. The zero-order valence-corrected chi connectivity index (χ0v) is 12.9. The van der Waals surface area contributed by atoms with Crippen LogP contribution < -0.4 is 0 Å². The number of hydrogen-bond donors (Lipinski definition) is 0. The van der Waals surface area contributed by atoms with E-state index in [4.69, 9.17) is 4.42 Å². The predicted octanol–water partition coefficient (Wildman–Crippen LogP) is 2.46. The molecule has 1 aliphatic rings. The first-order chi connectivity index (χ1) is 10.2. The van der Waals surface area contributed by atoms with Crippen molar-refractivity contribution in [2.75, 3.05) is 26.2 Å². The molecule has 0 spiro atoms. The van der Waals surface area contributed by atoms with Crippen LogP contribution in [0.3, 0.4) is 0 Å². The molecule has 0 atom stereocenters. The van der Waals surface area contributed by atoms with Gasteiger partial charge in [0.05, 0.1) is 10.6 Å². The van der Waals surface area contributed by atoms with Crippen LogP contribution in [0.4, 0.5) is 0 Å². The first kappa shape index (κ1) is 14.3. The van der Waals surface area contributed by atoms with E-state index in [1.807, 2.05) is 22.4 Å². The molecule has 3 heterocycles. The second kappa shape index (κ2) is 6.41. The van der Waals surface area contributed by atoms with Gasteiger partial charge in [0.2, 0.25) is 11.8 Å². The number of hydrogen-bond acceptors (Lipinski definition) is 5. The summed E-state index contributed by atoms with van der Waals surface area (Å²) in [5.74, 6) is 0.860. The van der Waals surface area contributed by atoms with Gasteiger partial charge in [-0.2, -0.15) is 0 Å². The van der Waals surface area contributed by atoms with Gasteiger partial charge in [-0.3, -0.25) is 9.69 Å². The van der Waals surface area contributed by atoms with E-state index in [1.165, 1.54) is 0 Å². The highest BCUT2D eigenvalue weighted by Gasteiger charge is 2.18. The van der Waals surface area contributed by atoms with Crippen molar-refractivity contribution in [3.63, 3.8) is 0 Å². The highest BCUT2D eigenvalue weighted by molar-refractivity contribution is 7.13. The molecule has 1 aliphatic heterocycles. The van der Waals surface area contributed by atoms with E-state index in [-0.39, 0.29) is 5.91 Å². The number of thiophene rings is 1. The number of nitrogens with zero attached hydrogens (tertiary/aromatic N) is 3. The highest BCUT2D eigenvalue weighted by atomic mass is 32.1. The van der Waals surface area contributed by atoms with Gasteiger partial charge in [-0.1, -0.05) is 6.07 Å². The minimum Gasteiger partial charge on any atom is -0.444 e. The average Bonchev–Trinajstić information content (AvgIpc) is 3.07.